The second-order valence-electron chi connectivity index (χ2n) is 5.11. The normalized spacial score (nSPS) is 10.4. The molecule has 0 spiro atoms. The highest BCUT2D eigenvalue weighted by molar-refractivity contribution is 6.30. The van der Waals surface area contributed by atoms with E-state index < -0.39 is 0 Å². The molecule has 2 aromatic carbocycles. The zero-order valence-electron chi connectivity index (χ0n) is 12.0. The Bertz CT molecular complexity index is 637. The summed E-state index contributed by atoms with van der Waals surface area (Å²) in [6.07, 6.45) is 0. The van der Waals surface area contributed by atoms with E-state index in [1.165, 1.54) is 0 Å². The van der Waals surface area contributed by atoms with Crippen molar-refractivity contribution in [1.29, 1.82) is 0 Å². The predicted octanol–water partition coefficient (Wildman–Crippen LogP) is 4.23. The second-order valence-corrected chi connectivity index (χ2v) is 5.55. The van der Waals surface area contributed by atoms with Gasteiger partial charge in [0.15, 0.2) is 0 Å². The van der Waals surface area contributed by atoms with E-state index in [1.54, 1.807) is 4.90 Å². The lowest BCUT2D eigenvalue weighted by Gasteiger charge is -2.19. The topological polar surface area (TPSA) is 20.3 Å². The van der Waals surface area contributed by atoms with Gasteiger partial charge in [-0.3, -0.25) is 4.79 Å². The molecule has 1 amide bonds. The van der Waals surface area contributed by atoms with Crippen LogP contribution in [0.15, 0.2) is 42.5 Å². The second kappa shape index (κ2) is 6.10. The summed E-state index contributed by atoms with van der Waals surface area (Å²) in [5.74, 6) is 0.0335. The van der Waals surface area contributed by atoms with Gasteiger partial charge in [0.05, 0.1) is 0 Å². The molecule has 0 bridgehead atoms. The minimum absolute atomic E-state index is 0.0335. The van der Waals surface area contributed by atoms with Crippen LogP contribution in [-0.2, 0) is 6.54 Å². The van der Waals surface area contributed by atoms with Crippen LogP contribution >= 0.6 is 11.6 Å². The molecule has 0 unspecified atom stereocenters. The molecule has 2 aromatic rings. The zero-order chi connectivity index (χ0) is 14.7. The largest absolute Gasteiger partial charge is 0.337 e. The number of carbonyl (C=O) groups excluding carboxylic acids is 1. The monoisotopic (exact) mass is 287 g/mol. The van der Waals surface area contributed by atoms with Crippen molar-refractivity contribution in [1.82, 2.24) is 4.90 Å². The number of rotatable bonds is 3. The predicted molar refractivity (Wildman–Crippen MR) is 83.2 cm³/mol. The van der Waals surface area contributed by atoms with Gasteiger partial charge in [-0.1, -0.05) is 41.4 Å². The molecular formula is C17H18ClNO. The van der Waals surface area contributed by atoms with Crippen LogP contribution in [0.5, 0.6) is 0 Å². The number of hydrogen-bond donors (Lipinski definition) is 0. The number of amides is 1. The number of halogens is 1. The van der Waals surface area contributed by atoms with Crippen molar-refractivity contribution in [3.05, 3.63) is 69.7 Å². The minimum Gasteiger partial charge on any atom is -0.337 e. The molecule has 20 heavy (non-hydrogen) atoms. The van der Waals surface area contributed by atoms with E-state index in [4.69, 9.17) is 11.6 Å². The lowest BCUT2D eigenvalue weighted by atomic mass is 10.0. The number of hydrogen-bond acceptors (Lipinski definition) is 1. The van der Waals surface area contributed by atoms with Gasteiger partial charge in [0, 0.05) is 24.2 Å². The van der Waals surface area contributed by atoms with Crippen LogP contribution in [0.4, 0.5) is 0 Å². The van der Waals surface area contributed by atoms with Gasteiger partial charge in [-0.15, -0.1) is 0 Å². The molecule has 2 rings (SSSR count). The summed E-state index contributed by atoms with van der Waals surface area (Å²) in [5.41, 5.74) is 3.88. The van der Waals surface area contributed by atoms with Gasteiger partial charge < -0.3 is 4.90 Å². The van der Waals surface area contributed by atoms with Crippen molar-refractivity contribution in [3.63, 3.8) is 0 Å². The van der Waals surface area contributed by atoms with Crippen LogP contribution in [0, 0.1) is 13.8 Å². The van der Waals surface area contributed by atoms with Gasteiger partial charge in [0.2, 0.25) is 0 Å². The van der Waals surface area contributed by atoms with Crippen molar-refractivity contribution in [2.24, 2.45) is 0 Å². The van der Waals surface area contributed by atoms with Crippen LogP contribution in [0.1, 0.15) is 27.0 Å². The summed E-state index contributed by atoms with van der Waals surface area (Å²) in [4.78, 5) is 14.2. The molecule has 0 aliphatic rings. The molecule has 0 aromatic heterocycles. The molecule has 104 valence electrons. The van der Waals surface area contributed by atoms with E-state index in [9.17, 15) is 4.79 Å². The Kier molecular flexibility index (Phi) is 4.46. The third-order valence-electron chi connectivity index (χ3n) is 3.28. The van der Waals surface area contributed by atoms with Crippen molar-refractivity contribution in [2.75, 3.05) is 7.05 Å². The van der Waals surface area contributed by atoms with Crippen LogP contribution in [0.25, 0.3) is 0 Å². The number of carbonyl (C=O) groups is 1. The fraction of sp³-hybridized carbons (Fsp3) is 0.235. The maximum Gasteiger partial charge on any atom is 0.254 e. The first-order valence-electron chi connectivity index (χ1n) is 6.54. The molecule has 0 heterocycles. The van der Waals surface area contributed by atoms with Crippen LogP contribution in [-0.4, -0.2) is 17.9 Å². The van der Waals surface area contributed by atoms with E-state index in [-0.39, 0.29) is 5.91 Å². The Balaban J connectivity index is 2.18. The quantitative estimate of drug-likeness (QED) is 0.827. The summed E-state index contributed by atoms with van der Waals surface area (Å²) in [6, 6.07) is 13.5. The maximum absolute atomic E-state index is 12.5. The molecule has 0 saturated carbocycles. The Morgan fingerprint density at radius 2 is 1.90 bits per heavy atom. The molecule has 0 aliphatic carbocycles. The van der Waals surface area contributed by atoms with Gasteiger partial charge in [0.25, 0.3) is 5.91 Å². The highest BCUT2D eigenvalue weighted by atomic mass is 35.5. The first kappa shape index (κ1) is 14.6. The van der Waals surface area contributed by atoms with Gasteiger partial charge in [-0.2, -0.15) is 0 Å². The Morgan fingerprint density at radius 1 is 1.15 bits per heavy atom. The van der Waals surface area contributed by atoms with Crippen molar-refractivity contribution < 1.29 is 4.79 Å². The highest BCUT2D eigenvalue weighted by Crippen LogP contribution is 2.16. The molecule has 0 aliphatic heterocycles. The van der Waals surface area contributed by atoms with Crippen molar-refractivity contribution in [2.45, 2.75) is 20.4 Å². The fourth-order valence-electron chi connectivity index (χ4n) is 2.15. The van der Waals surface area contributed by atoms with Crippen molar-refractivity contribution >= 4 is 17.5 Å². The maximum atomic E-state index is 12.5. The Labute approximate surface area is 125 Å². The van der Waals surface area contributed by atoms with Gasteiger partial charge in [0.1, 0.15) is 0 Å². The summed E-state index contributed by atoms with van der Waals surface area (Å²) >= 11 is 5.97. The van der Waals surface area contributed by atoms with E-state index >= 15 is 0 Å². The Hall–Kier alpha value is -1.80. The summed E-state index contributed by atoms with van der Waals surface area (Å²) in [5, 5.41) is 0.690. The number of nitrogens with zero attached hydrogens (tertiary/aromatic N) is 1. The molecule has 3 heteroatoms. The first-order chi connectivity index (χ1) is 9.47. The van der Waals surface area contributed by atoms with E-state index in [1.807, 2.05) is 63.4 Å². The number of aryl methyl sites for hydroxylation is 2. The van der Waals surface area contributed by atoms with Gasteiger partial charge in [-0.05, 0) is 43.2 Å². The average Bonchev–Trinajstić information content (AvgIpc) is 2.40. The van der Waals surface area contributed by atoms with Crippen LogP contribution in [0.2, 0.25) is 5.02 Å². The summed E-state index contributed by atoms with van der Waals surface area (Å²) in [7, 11) is 1.81. The zero-order valence-corrected chi connectivity index (χ0v) is 12.7. The van der Waals surface area contributed by atoms with Crippen LogP contribution in [0.3, 0.4) is 0 Å². The average molecular weight is 288 g/mol. The third kappa shape index (κ3) is 3.40. The molecule has 0 fully saturated rings. The minimum atomic E-state index is 0.0335. The highest BCUT2D eigenvalue weighted by Gasteiger charge is 2.14. The van der Waals surface area contributed by atoms with Gasteiger partial charge in [-0.25, -0.2) is 0 Å². The van der Waals surface area contributed by atoms with E-state index in [2.05, 4.69) is 0 Å². The van der Waals surface area contributed by atoms with E-state index in [0.29, 0.717) is 11.6 Å². The van der Waals surface area contributed by atoms with Gasteiger partial charge >= 0.3 is 0 Å². The lowest BCUT2D eigenvalue weighted by Crippen LogP contribution is -2.26. The summed E-state index contributed by atoms with van der Waals surface area (Å²) in [6.45, 7) is 4.50. The fourth-order valence-corrected chi connectivity index (χ4v) is 2.37. The van der Waals surface area contributed by atoms with E-state index in [0.717, 1.165) is 22.3 Å². The third-order valence-corrected chi connectivity index (χ3v) is 3.51. The van der Waals surface area contributed by atoms with Crippen molar-refractivity contribution in [3.8, 4) is 0 Å². The molecule has 2 nitrogen and oxygen atoms in total. The first-order valence-corrected chi connectivity index (χ1v) is 6.92. The number of benzene rings is 2. The molecule has 0 radical (unpaired) electrons. The molecule has 0 saturated heterocycles. The summed E-state index contributed by atoms with van der Waals surface area (Å²) < 4.78 is 0. The standard InChI is InChI=1S/C17H18ClNO/c1-12-7-8-13(2)16(9-12)17(20)19(3)11-14-5-4-6-15(18)10-14/h4-10H,11H2,1-3H3. The Morgan fingerprint density at radius 3 is 2.60 bits per heavy atom. The van der Waals surface area contributed by atoms with Crippen LogP contribution < -0.4 is 0 Å². The molecule has 0 N–H and O–H groups in total. The molecule has 0 atom stereocenters. The molecular weight excluding hydrogens is 270 g/mol. The lowest BCUT2D eigenvalue weighted by molar-refractivity contribution is 0.0784. The SMILES string of the molecule is Cc1ccc(C)c(C(=O)N(C)Cc2cccc(Cl)c2)c1. The smallest absolute Gasteiger partial charge is 0.254 e.